The molecule has 1 amide bonds. The molecule has 1 aliphatic carbocycles. The first-order valence-corrected chi connectivity index (χ1v) is 8.22. The molecule has 0 radical (unpaired) electrons. The van der Waals surface area contributed by atoms with Crippen molar-refractivity contribution in [1.82, 2.24) is 19.4 Å². The number of amides is 1. The lowest BCUT2D eigenvalue weighted by atomic mass is 9.93. The zero-order valence-electron chi connectivity index (χ0n) is 13.2. The van der Waals surface area contributed by atoms with Gasteiger partial charge in [-0.2, -0.15) is 0 Å². The smallest absolute Gasteiger partial charge is 0.261 e. The van der Waals surface area contributed by atoms with E-state index in [-0.39, 0.29) is 17.3 Å². The molecule has 24 heavy (non-hydrogen) atoms. The number of imidazole rings is 1. The number of aromatic nitrogens is 3. The van der Waals surface area contributed by atoms with Crippen LogP contribution in [-0.2, 0) is 19.4 Å². The molecule has 0 bridgehead atoms. The van der Waals surface area contributed by atoms with Gasteiger partial charge in [-0.15, -0.1) is 0 Å². The number of pyridine rings is 1. The summed E-state index contributed by atoms with van der Waals surface area (Å²) in [5.41, 5.74) is 0.801. The van der Waals surface area contributed by atoms with Crippen LogP contribution in [0.3, 0.4) is 0 Å². The van der Waals surface area contributed by atoms with Gasteiger partial charge in [-0.05, 0) is 18.9 Å². The number of nitrogens with zero attached hydrogens (tertiary/aromatic N) is 3. The van der Waals surface area contributed by atoms with Crippen LogP contribution < -0.4 is 5.56 Å². The van der Waals surface area contributed by atoms with Crippen molar-refractivity contribution < 1.29 is 9.59 Å². The van der Waals surface area contributed by atoms with E-state index in [2.05, 4.69) is 9.97 Å². The van der Waals surface area contributed by atoms with Crippen molar-refractivity contribution in [1.29, 1.82) is 0 Å². The van der Waals surface area contributed by atoms with Crippen molar-refractivity contribution in [3.05, 3.63) is 51.5 Å². The van der Waals surface area contributed by atoms with Crippen LogP contribution in [0.25, 0.3) is 0 Å². The van der Waals surface area contributed by atoms with Crippen molar-refractivity contribution in [2.24, 2.45) is 0 Å². The third-order valence-corrected chi connectivity index (χ3v) is 4.79. The minimum Gasteiger partial charge on any atom is -0.336 e. The zero-order chi connectivity index (χ0) is 16.7. The van der Waals surface area contributed by atoms with Gasteiger partial charge in [0.05, 0.1) is 0 Å². The molecule has 3 heterocycles. The second-order valence-electron chi connectivity index (χ2n) is 6.26. The second kappa shape index (κ2) is 5.74. The Labute approximate surface area is 138 Å². The van der Waals surface area contributed by atoms with Crippen LogP contribution in [0, 0.1) is 0 Å². The van der Waals surface area contributed by atoms with Gasteiger partial charge in [0.1, 0.15) is 11.4 Å². The molecule has 2 aliphatic rings. The van der Waals surface area contributed by atoms with Gasteiger partial charge in [-0.3, -0.25) is 14.4 Å². The molecule has 2 aromatic rings. The van der Waals surface area contributed by atoms with E-state index in [0.29, 0.717) is 50.2 Å². The molecule has 2 aromatic heterocycles. The van der Waals surface area contributed by atoms with Gasteiger partial charge in [0.2, 0.25) is 0 Å². The molecule has 124 valence electrons. The Morgan fingerprint density at radius 2 is 2.00 bits per heavy atom. The number of rotatable bonds is 1. The highest BCUT2D eigenvalue weighted by Crippen LogP contribution is 2.19. The van der Waals surface area contributed by atoms with Crippen LogP contribution in [0.4, 0.5) is 0 Å². The number of aromatic amines is 1. The molecule has 0 aromatic carbocycles. The van der Waals surface area contributed by atoms with Crippen LogP contribution >= 0.6 is 0 Å². The summed E-state index contributed by atoms with van der Waals surface area (Å²) in [6, 6.07) is 1.49. The minimum absolute atomic E-state index is 0.00227. The number of hydrogen-bond acceptors (Lipinski definition) is 4. The number of ketones is 1. The van der Waals surface area contributed by atoms with Crippen LogP contribution in [0.1, 0.15) is 45.1 Å². The predicted octanol–water partition coefficient (Wildman–Crippen LogP) is 0.789. The third-order valence-electron chi connectivity index (χ3n) is 4.79. The summed E-state index contributed by atoms with van der Waals surface area (Å²) in [7, 11) is 0. The van der Waals surface area contributed by atoms with Gasteiger partial charge in [-0.1, -0.05) is 0 Å². The highest BCUT2D eigenvalue weighted by Gasteiger charge is 2.26. The summed E-state index contributed by atoms with van der Waals surface area (Å²) >= 11 is 0. The summed E-state index contributed by atoms with van der Waals surface area (Å²) in [5.74, 6) is 0.626. The van der Waals surface area contributed by atoms with E-state index in [9.17, 15) is 14.4 Å². The SMILES string of the molecule is O=C1CCCc2[nH]c(=O)c(C(=O)N3CCc4nccn4CC3)cc21. The second-order valence-corrected chi connectivity index (χ2v) is 6.26. The Hall–Kier alpha value is -2.70. The van der Waals surface area contributed by atoms with E-state index >= 15 is 0 Å². The average Bonchev–Trinajstić information content (AvgIpc) is 2.92. The summed E-state index contributed by atoms with van der Waals surface area (Å²) in [4.78, 5) is 45.8. The van der Waals surface area contributed by atoms with E-state index in [1.165, 1.54) is 6.07 Å². The lowest BCUT2D eigenvalue weighted by Crippen LogP contribution is -2.37. The van der Waals surface area contributed by atoms with Gasteiger partial charge in [0.25, 0.3) is 11.5 Å². The van der Waals surface area contributed by atoms with Gasteiger partial charge in [0, 0.05) is 56.1 Å². The Balaban J connectivity index is 1.63. The van der Waals surface area contributed by atoms with Crippen LogP contribution in [-0.4, -0.2) is 44.2 Å². The quantitative estimate of drug-likeness (QED) is 0.839. The Kier molecular flexibility index (Phi) is 3.55. The Bertz CT molecular complexity index is 858. The molecule has 1 aliphatic heterocycles. The number of carbonyl (C=O) groups is 2. The molecule has 4 rings (SSSR count). The summed E-state index contributed by atoms with van der Waals surface area (Å²) in [5, 5.41) is 0. The topological polar surface area (TPSA) is 88.1 Å². The van der Waals surface area contributed by atoms with Crippen LogP contribution in [0.2, 0.25) is 0 Å². The number of hydrogen-bond donors (Lipinski definition) is 1. The van der Waals surface area contributed by atoms with Gasteiger partial charge >= 0.3 is 0 Å². The number of fused-ring (bicyclic) bond motifs is 2. The van der Waals surface area contributed by atoms with Crippen molar-refractivity contribution >= 4 is 11.7 Å². The van der Waals surface area contributed by atoms with Gasteiger partial charge < -0.3 is 14.5 Å². The molecule has 1 N–H and O–H groups in total. The fourth-order valence-electron chi connectivity index (χ4n) is 3.45. The first-order valence-electron chi connectivity index (χ1n) is 8.22. The van der Waals surface area contributed by atoms with Crippen molar-refractivity contribution in [2.75, 3.05) is 13.1 Å². The molecule has 0 unspecified atom stereocenters. The normalized spacial score (nSPS) is 17.2. The maximum Gasteiger partial charge on any atom is 0.261 e. The number of aryl methyl sites for hydroxylation is 1. The van der Waals surface area contributed by atoms with E-state index in [0.717, 1.165) is 12.2 Å². The number of nitrogens with one attached hydrogen (secondary N) is 1. The molecule has 0 fully saturated rings. The fraction of sp³-hybridized carbons (Fsp3) is 0.412. The lowest BCUT2D eigenvalue weighted by molar-refractivity contribution is 0.0757. The van der Waals surface area contributed by atoms with Crippen LogP contribution in [0.15, 0.2) is 23.3 Å². The standard InChI is InChI=1S/C17H18N4O3/c22-14-3-1-2-13-11(14)10-12(16(23)19-13)17(24)21-6-4-15-18-5-7-20(15)8-9-21/h5,7,10H,1-4,6,8-9H2,(H,19,23). The maximum absolute atomic E-state index is 12.8. The predicted molar refractivity (Wildman–Crippen MR) is 86.2 cm³/mol. The third kappa shape index (κ3) is 2.46. The summed E-state index contributed by atoms with van der Waals surface area (Å²) in [6.07, 6.45) is 6.20. The fourth-order valence-corrected chi connectivity index (χ4v) is 3.45. The minimum atomic E-state index is -0.407. The molecule has 0 saturated carbocycles. The zero-order valence-corrected chi connectivity index (χ0v) is 13.2. The number of carbonyl (C=O) groups excluding carboxylic acids is 2. The van der Waals surface area contributed by atoms with Crippen molar-refractivity contribution in [2.45, 2.75) is 32.2 Å². The van der Waals surface area contributed by atoms with E-state index in [1.807, 2.05) is 10.8 Å². The summed E-state index contributed by atoms with van der Waals surface area (Å²) in [6.45, 7) is 1.69. The Morgan fingerprint density at radius 1 is 1.12 bits per heavy atom. The lowest BCUT2D eigenvalue weighted by Gasteiger charge is -2.21. The highest BCUT2D eigenvalue weighted by atomic mass is 16.2. The van der Waals surface area contributed by atoms with E-state index in [4.69, 9.17) is 0 Å². The monoisotopic (exact) mass is 326 g/mol. The van der Waals surface area contributed by atoms with E-state index in [1.54, 1.807) is 11.1 Å². The molecule has 0 saturated heterocycles. The van der Waals surface area contributed by atoms with E-state index < -0.39 is 5.56 Å². The molecular weight excluding hydrogens is 308 g/mol. The molecule has 0 spiro atoms. The molecule has 7 nitrogen and oxygen atoms in total. The van der Waals surface area contributed by atoms with Crippen LogP contribution in [0.5, 0.6) is 0 Å². The van der Waals surface area contributed by atoms with Gasteiger partial charge in [0.15, 0.2) is 5.78 Å². The molecule has 7 heteroatoms. The highest BCUT2D eigenvalue weighted by molar-refractivity contribution is 6.01. The number of Topliss-reactive ketones (excluding diaryl/α,β-unsaturated/α-hetero) is 1. The van der Waals surface area contributed by atoms with Gasteiger partial charge in [-0.25, -0.2) is 4.98 Å². The van der Waals surface area contributed by atoms with Crippen molar-refractivity contribution in [3.8, 4) is 0 Å². The van der Waals surface area contributed by atoms with Crippen molar-refractivity contribution in [3.63, 3.8) is 0 Å². The maximum atomic E-state index is 12.8. The summed E-state index contributed by atoms with van der Waals surface area (Å²) < 4.78 is 2.02. The largest absolute Gasteiger partial charge is 0.336 e. The molecular formula is C17H18N4O3. The first kappa shape index (κ1) is 14.9. The Morgan fingerprint density at radius 3 is 2.88 bits per heavy atom. The molecule has 0 atom stereocenters. The average molecular weight is 326 g/mol. The number of H-pyrrole nitrogens is 1. The first-order chi connectivity index (χ1) is 11.6.